The second kappa shape index (κ2) is 9.77. The van der Waals surface area contributed by atoms with E-state index in [0.29, 0.717) is 0 Å². The van der Waals surface area contributed by atoms with Gasteiger partial charge in [-0.25, -0.2) is 4.98 Å². The number of hydrogen-bond acceptors (Lipinski definition) is 4. The number of benzene rings is 6. The van der Waals surface area contributed by atoms with E-state index >= 15 is 0 Å². The van der Waals surface area contributed by atoms with Crippen LogP contribution in [0.5, 0.6) is 0 Å². The zero-order valence-corrected chi connectivity index (χ0v) is 24.7. The van der Waals surface area contributed by atoms with Gasteiger partial charge in [0.15, 0.2) is 0 Å². The Hall–Kier alpha value is -5.03. The number of nitrogens with zero attached hydrogens (tertiary/aromatic N) is 2. The van der Waals surface area contributed by atoms with Crippen molar-refractivity contribution in [2.45, 2.75) is 0 Å². The highest BCUT2D eigenvalue weighted by Crippen LogP contribution is 2.43. The minimum atomic E-state index is 0.910. The van der Waals surface area contributed by atoms with Crippen LogP contribution in [0.2, 0.25) is 0 Å². The lowest BCUT2D eigenvalue weighted by atomic mass is 10.0. The number of thiophene rings is 2. The molecule has 0 spiro atoms. The van der Waals surface area contributed by atoms with E-state index in [2.05, 4.69) is 150 Å². The molecular weight excluding hydrogens is 561 g/mol. The van der Waals surface area contributed by atoms with Crippen LogP contribution in [0.1, 0.15) is 0 Å². The molecule has 0 bridgehead atoms. The van der Waals surface area contributed by atoms with Gasteiger partial charge in [0.05, 0.1) is 10.2 Å². The highest BCUT2D eigenvalue weighted by Gasteiger charge is 2.18. The molecule has 4 heteroatoms. The molecule has 0 atom stereocenters. The maximum atomic E-state index is 5.37. The zero-order chi connectivity index (χ0) is 28.3. The third kappa shape index (κ3) is 4.03. The first-order valence-electron chi connectivity index (χ1n) is 14.4. The molecule has 0 unspecified atom stereocenters. The second-order valence-electron chi connectivity index (χ2n) is 10.8. The fourth-order valence-corrected chi connectivity index (χ4v) is 8.50. The minimum absolute atomic E-state index is 0.910. The first-order chi connectivity index (χ1) is 21.3. The molecule has 43 heavy (non-hydrogen) atoms. The number of hydrogen-bond donors (Lipinski definition) is 0. The molecule has 0 amide bonds. The van der Waals surface area contributed by atoms with Crippen LogP contribution in [0.3, 0.4) is 0 Å². The lowest BCUT2D eigenvalue weighted by molar-refractivity contribution is 1.22. The summed E-state index contributed by atoms with van der Waals surface area (Å²) in [5.41, 5.74) is 5.64. The Labute approximate surface area is 256 Å². The molecule has 9 rings (SSSR count). The Kier molecular flexibility index (Phi) is 5.58. The normalized spacial score (nSPS) is 11.7. The average Bonchev–Trinajstić information content (AvgIpc) is 3.64. The molecule has 6 aromatic carbocycles. The molecular formula is C39H24N2S2. The molecule has 9 aromatic rings. The Balaban J connectivity index is 1.24. The summed E-state index contributed by atoms with van der Waals surface area (Å²) in [7, 11) is 0. The Morgan fingerprint density at radius 3 is 2.02 bits per heavy atom. The highest BCUT2D eigenvalue weighted by atomic mass is 32.1. The number of fused-ring (bicyclic) bond motifs is 8. The van der Waals surface area contributed by atoms with Gasteiger partial charge in [-0.2, -0.15) is 0 Å². The summed E-state index contributed by atoms with van der Waals surface area (Å²) in [6.07, 6.45) is 0. The van der Waals surface area contributed by atoms with E-state index in [-0.39, 0.29) is 0 Å². The molecule has 0 aliphatic carbocycles. The van der Waals surface area contributed by atoms with Crippen molar-refractivity contribution in [3.63, 3.8) is 0 Å². The van der Waals surface area contributed by atoms with Crippen LogP contribution in [0, 0.1) is 0 Å². The van der Waals surface area contributed by atoms with Crippen LogP contribution in [0.4, 0.5) is 17.2 Å². The molecule has 0 radical (unpaired) electrons. The summed E-state index contributed by atoms with van der Waals surface area (Å²) in [5.74, 6) is 0.910. The standard InChI is InChI=1S/C39H24N2S2/c1-2-8-25(9-3-1)26-14-17-28(18-15-26)41(29-19-21-32-31-12-6-7-13-34(31)42-36(32)24-29)37-23-22-35-38(40-37)33-20-16-27-10-4-5-11-30(27)39(33)43-35/h1-24H. The predicted octanol–water partition coefficient (Wildman–Crippen LogP) is 12.1. The molecule has 0 saturated heterocycles. The quantitative estimate of drug-likeness (QED) is 0.205. The second-order valence-corrected chi connectivity index (χ2v) is 12.9. The van der Waals surface area contributed by atoms with Gasteiger partial charge in [-0.15, -0.1) is 22.7 Å². The van der Waals surface area contributed by atoms with Crippen molar-refractivity contribution in [1.82, 2.24) is 4.98 Å². The van der Waals surface area contributed by atoms with Gasteiger partial charge in [0.1, 0.15) is 5.82 Å². The van der Waals surface area contributed by atoms with E-state index in [9.17, 15) is 0 Å². The summed E-state index contributed by atoms with van der Waals surface area (Å²) in [6.45, 7) is 0. The summed E-state index contributed by atoms with van der Waals surface area (Å²) < 4.78 is 5.08. The zero-order valence-electron chi connectivity index (χ0n) is 23.1. The average molecular weight is 585 g/mol. The molecule has 0 aliphatic heterocycles. The van der Waals surface area contributed by atoms with E-state index in [1.54, 1.807) is 0 Å². The van der Waals surface area contributed by atoms with E-state index < -0.39 is 0 Å². The monoisotopic (exact) mass is 584 g/mol. The fraction of sp³-hybridized carbons (Fsp3) is 0. The molecule has 3 heterocycles. The van der Waals surface area contributed by atoms with Crippen molar-refractivity contribution in [2.75, 3.05) is 4.90 Å². The van der Waals surface area contributed by atoms with Crippen LogP contribution >= 0.6 is 22.7 Å². The third-order valence-corrected chi connectivity index (χ3v) is 10.6. The SMILES string of the molecule is c1ccc(-c2ccc(N(c3ccc4c(c3)sc3ccccc34)c3ccc4sc5c6ccccc6ccc5c4n3)cc2)cc1. The van der Waals surface area contributed by atoms with Gasteiger partial charge in [-0.1, -0.05) is 103 Å². The van der Waals surface area contributed by atoms with Gasteiger partial charge < -0.3 is 0 Å². The number of aromatic nitrogens is 1. The van der Waals surface area contributed by atoms with Gasteiger partial charge >= 0.3 is 0 Å². The van der Waals surface area contributed by atoms with Gasteiger partial charge in [-0.3, -0.25) is 4.90 Å². The molecule has 0 saturated carbocycles. The smallest absolute Gasteiger partial charge is 0.138 e. The largest absolute Gasteiger partial charge is 0.295 e. The highest BCUT2D eigenvalue weighted by molar-refractivity contribution is 7.26. The lowest BCUT2D eigenvalue weighted by Crippen LogP contribution is -2.11. The summed E-state index contributed by atoms with van der Waals surface area (Å²) >= 11 is 3.67. The van der Waals surface area contributed by atoms with E-state index in [1.165, 1.54) is 56.9 Å². The van der Waals surface area contributed by atoms with E-state index in [0.717, 1.165) is 22.7 Å². The van der Waals surface area contributed by atoms with Crippen LogP contribution in [-0.4, -0.2) is 4.98 Å². The number of pyridine rings is 1. The maximum Gasteiger partial charge on any atom is 0.138 e. The van der Waals surface area contributed by atoms with Crippen molar-refractivity contribution >= 4 is 91.1 Å². The predicted molar refractivity (Wildman–Crippen MR) is 188 cm³/mol. The third-order valence-electron chi connectivity index (χ3n) is 8.27. The first kappa shape index (κ1) is 24.6. The van der Waals surface area contributed by atoms with Crippen molar-refractivity contribution in [3.05, 3.63) is 146 Å². The van der Waals surface area contributed by atoms with Crippen molar-refractivity contribution in [1.29, 1.82) is 0 Å². The van der Waals surface area contributed by atoms with Gasteiger partial charge in [0.25, 0.3) is 0 Å². The van der Waals surface area contributed by atoms with Crippen molar-refractivity contribution in [3.8, 4) is 11.1 Å². The summed E-state index contributed by atoms with van der Waals surface area (Å²) in [6, 6.07) is 52.3. The molecule has 2 nitrogen and oxygen atoms in total. The Morgan fingerprint density at radius 1 is 0.442 bits per heavy atom. The van der Waals surface area contributed by atoms with Gasteiger partial charge in [-0.05, 0) is 64.4 Å². The molecule has 202 valence electrons. The minimum Gasteiger partial charge on any atom is -0.295 e. The number of rotatable bonds is 4. The molecule has 0 aliphatic rings. The van der Waals surface area contributed by atoms with Crippen molar-refractivity contribution in [2.24, 2.45) is 0 Å². The van der Waals surface area contributed by atoms with Crippen LogP contribution in [0.25, 0.3) is 62.4 Å². The summed E-state index contributed by atoms with van der Waals surface area (Å²) in [4.78, 5) is 7.66. The van der Waals surface area contributed by atoms with Crippen LogP contribution in [0.15, 0.2) is 146 Å². The maximum absolute atomic E-state index is 5.37. The van der Waals surface area contributed by atoms with Gasteiger partial charge in [0, 0.05) is 41.6 Å². The summed E-state index contributed by atoms with van der Waals surface area (Å²) in [5, 5.41) is 6.36. The Bertz CT molecular complexity index is 2450. The molecule has 3 aromatic heterocycles. The van der Waals surface area contributed by atoms with Crippen LogP contribution < -0.4 is 4.90 Å². The lowest BCUT2D eigenvalue weighted by Gasteiger charge is -2.25. The first-order valence-corrected chi connectivity index (χ1v) is 16.0. The fourth-order valence-electron chi connectivity index (χ4n) is 6.19. The van der Waals surface area contributed by atoms with Crippen LogP contribution in [-0.2, 0) is 0 Å². The number of anilines is 3. The van der Waals surface area contributed by atoms with E-state index in [4.69, 9.17) is 4.98 Å². The molecule has 0 N–H and O–H groups in total. The Morgan fingerprint density at radius 2 is 1.14 bits per heavy atom. The topological polar surface area (TPSA) is 16.1 Å². The van der Waals surface area contributed by atoms with Crippen molar-refractivity contribution < 1.29 is 0 Å². The molecule has 0 fully saturated rings. The van der Waals surface area contributed by atoms with E-state index in [1.807, 2.05) is 22.7 Å². The van der Waals surface area contributed by atoms with Gasteiger partial charge in [0.2, 0.25) is 0 Å².